The fraction of sp³-hybridized carbons (Fsp3) is 0.0625. The van der Waals surface area contributed by atoms with Crippen LogP contribution in [0.5, 0.6) is 0 Å². The van der Waals surface area contributed by atoms with Gasteiger partial charge in [-0.25, -0.2) is 9.97 Å². The van der Waals surface area contributed by atoms with E-state index in [1.165, 1.54) is 28.7 Å². The second-order valence-electron chi connectivity index (χ2n) is 5.28. The molecule has 4 aromatic rings. The van der Waals surface area contributed by atoms with E-state index in [1.807, 2.05) is 12.1 Å². The quantitative estimate of drug-likeness (QED) is 0.449. The summed E-state index contributed by atoms with van der Waals surface area (Å²) in [5.41, 5.74) is 1.96. The Morgan fingerprint density at radius 2 is 2.00 bits per heavy atom. The highest BCUT2D eigenvalue weighted by Crippen LogP contribution is 2.36. The molecule has 10 heteroatoms. The Morgan fingerprint density at radius 3 is 2.77 bits per heavy atom. The van der Waals surface area contributed by atoms with Gasteiger partial charge in [0.2, 0.25) is 0 Å². The lowest BCUT2D eigenvalue weighted by Crippen LogP contribution is -2.14. The number of hydrogen-bond donors (Lipinski definition) is 1. The number of amides is 1. The number of halogens is 4. The fourth-order valence-electron chi connectivity index (χ4n) is 2.42. The Balaban J connectivity index is 1.67. The summed E-state index contributed by atoms with van der Waals surface area (Å²) in [5.74, 6) is -0.694. The highest BCUT2D eigenvalue weighted by Gasteiger charge is 2.33. The van der Waals surface area contributed by atoms with Crippen molar-refractivity contribution >= 4 is 65.7 Å². The minimum absolute atomic E-state index is 0.153. The first kappa shape index (κ1) is 17.2. The van der Waals surface area contributed by atoms with E-state index in [9.17, 15) is 18.0 Å². The van der Waals surface area contributed by atoms with Crippen molar-refractivity contribution in [1.29, 1.82) is 0 Å². The zero-order valence-electron chi connectivity index (χ0n) is 12.6. The van der Waals surface area contributed by atoms with Crippen LogP contribution in [0.25, 0.3) is 20.4 Å². The SMILES string of the molecule is O=C(Nc1nc2ccc3scnc3c2s1)c1ccc(Cl)c(C(F)(F)F)c1. The molecule has 4 nitrogen and oxygen atoms in total. The first-order chi connectivity index (χ1) is 12.3. The summed E-state index contributed by atoms with van der Waals surface area (Å²) in [6.45, 7) is 0. The van der Waals surface area contributed by atoms with Crippen LogP contribution in [0.4, 0.5) is 18.3 Å². The number of nitrogens with one attached hydrogen (secondary N) is 1. The topological polar surface area (TPSA) is 54.9 Å². The molecular weight excluding hydrogens is 407 g/mol. The standard InChI is InChI=1S/C16H7ClF3N3OS2/c17-9-2-1-7(5-8(9)16(18,19)20)14(24)23-15-22-10-3-4-11-12(13(10)26-15)21-6-25-11/h1-6H,(H,22,23,24). The van der Waals surface area contributed by atoms with Crippen LogP contribution >= 0.6 is 34.3 Å². The van der Waals surface area contributed by atoms with E-state index in [0.717, 1.165) is 27.0 Å². The van der Waals surface area contributed by atoms with Gasteiger partial charge in [0.1, 0.15) is 5.52 Å². The average molecular weight is 414 g/mol. The highest BCUT2D eigenvalue weighted by atomic mass is 35.5. The van der Waals surface area contributed by atoms with Crippen LogP contribution in [0.1, 0.15) is 15.9 Å². The molecule has 1 amide bonds. The first-order valence-electron chi connectivity index (χ1n) is 7.14. The number of nitrogens with zero attached hydrogens (tertiary/aromatic N) is 2. The minimum Gasteiger partial charge on any atom is -0.298 e. The number of carbonyl (C=O) groups excluding carboxylic acids is 1. The molecule has 2 aromatic heterocycles. The number of fused-ring (bicyclic) bond motifs is 3. The van der Waals surface area contributed by atoms with E-state index in [0.29, 0.717) is 5.52 Å². The Hall–Kier alpha value is -2.23. The van der Waals surface area contributed by atoms with Gasteiger partial charge in [-0.3, -0.25) is 10.1 Å². The van der Waals surface area contributed by atoms with Crippen molar-refractivity contribution in [3.63, 3.8) is 0 Å². The molecule has 0 radical (unpaired) electrons. The van der Waals surface area contributed by atoms with Crippen molar-refractivity contribution in [3.05, 3.63) is 52.0 Å². The van der Waals surface area contributed by atoms with E-state index in [2.05, 4.69) is 15.3 Å². The van der Waals surface area contributed by atoms with E-state index < -0.39 is 22.7 Å². The summed E-state index contributed by atoms with van der Waals surface area (Å²) >= 11 is 8.28. The predicted octanol–water partition coefficient (Wildman–Crippen LogP) is 5.83. The first-order valence-corrected chi connectivity index (χ1v) is 9.21. The molecule has 0 aliphatic rings. The van der Waals surface area contributed by atoms with Crippen molar-refractivity contribution < 1.29 is 18.0 Å². The van der Waals surface area contributed by atoms with E-state index in [1.54, 1.807) is 5.51 Å². The second kappa shape index (κ2) is 6.19. The van der Waals surface area contributed by atoms with Gasteiger partial charge in [0.25, 0.3) is 5.91 Å². The lowest BCUT2D eigenvalue weighted by molar-refractivity contribution is -0.137. The average Bonchev–Trinajstić information content (AvgIpc) is 3.19. The highest BCUT2D eigenvalue weighted by molar-refractivity contribution is 7.24. The molecule has 26 heavy (non-hydrogen) atoms. The molecule has 0 saturated heterocycles. The maximum absolute atomic E-state index is 12.9. The maximum Gasteiger partial charge on any atom is 0.417 e. The van der Waals surface area contributed by atoms with Crippen LogP contribution in [-0.2, 0) is 6.18 Å². The van der Waals surface area contributed by atoms with Gasteiger partial charge in [-0.15, -0.1) is 11.3 Å². The summed E-state index contributed by atoms with van der Waals surface area (Å²) < 4.78 is 40.6. The van der Waals surface area contributed by atoms with Crippen LogP contribution in [-0.4, -0.2) is 15.9 Å². The van der Waals surface area contributed by atoms with Gasteiger partial charge in [-0.05, 0) is 30.3 Å². The van der Waals surface area contributed by atoms with Crippen molar-refractivity contribution in [2.75, 3.05) is 5.32 Å². The third-order valence-corrected chi connectivity index (χ3v) is 5.73. The Bertz CT molecular complexity index is 1150. The zero-order valence-corrected chi connectivity index (χ0v) is 15.0. The summed E-state index contributed by atoms with van der Waals surface area (Å²) in [6, 6.07) is 6.71. The van der Waals surface area contributed by atoms with E-state index in [-0.39, 0.29) is 10.7 Å². The lowest BCUT2D eigenvalue weighted by Gasteiger charge is -2.10. The smallest absolute Gasteiger partial charge is 0.298 e. The van der Waals surface area contributed by atoms with Crippen LogP contribution in [0.2, 0.25) is 5.02 Å². The summed E-state index contributed by atoms with van der Waals surface area (Å²) in [5, 5.41) is 2.36. The number of anilines is 1. The summed E-state index contributed by atoms with van der Waals surface area (Å²) in [6.07, 6.45) is -4.64. The number of benzene rings is 2. The van der Waals surface area contributed by atoms with Gasteiger partial charge in [0.05, 0.1) is 31.0 Å². The Kier molecular flexibility index (Phi) is 4.09. The molecule has 0 unspecified atom stereocenters. The maximum atomic E-state index is 12.9. The van der Waals surface area contributed by atoms with Gasteiger partial charge < -0.3 is 0 Å². The van der Waals surface area contributed by atoms with Crippen LogP contribution in [0.3, 0.4) is 0 Å². The molecule has 132 valence electrons. The third kappa shape index (κ3) is 3.02. The zero-order chi connectivity index (χ0) is 18.5. The number of thiazole rings is 2. The minimum atomic E-state index is -4.64. The second-order valence-corrected chi connectivity index (χ2v) is 7.57. The molecule has 2 heterocycles. The molecule has 2 aromatic carbocycles. The van der Waals surface area contributed by atoms with Crippen LogP contribution in [0, 0.1) is 0 Å². The molecule has 0 saturated carbocycles. The van der Waals surface area contributed by atoms with Gasteiger partial charge in [-0.2, -0.15) is 13.2 Å². The number of rotatable bonds is 2. The molecule has 0 fully saturated rings. The number of alkyl halides is 3. The molecule has 0 bridgehead atoms. The van der Waals surface area contributed by atoms with Crippen molar-refractivity contribution in [3.8, 4) is 0 Å². The van der Waals surface area contributed by atoms with Crippen LogP contribution in [0.15, 0.2) is 35.8 Å². The molecule has 0 aliphatic carbocycles. The monoisotopic (exact) mass is 413 g/mol. The largest absolute Gasteiger partial charge is 0.417 e. The normalized spacial score (nSPS) is 12.0. The molecule has 4 rings (SSSR count). The third-order valence-electron chi connectivity index (χ3n) is 3.61. The number of hydrogen-bond acceptors (Lipinski definition) is 5. The molecule has 0 aliphatic heterocycles. The number of aromatic nitrogens is 2. The van der Waals surface area contributed by atoms with E-state index in [4.69, 9.17) is 11.6 Å². The lowest BCUT2D eigenvalue weighted by atomic mass is 10.1. The molecule has 0 spiro atoms. The van der Waals surface area contributed by atoms with Gasteiger partial charge >= 0.3 is 6.18 Å². The summed E-state index contributed by atoms with van der Waals surface area (Å²) in [4.78, 5) is 20.9. The van der Waals surface area contributed by atoms with Gasteiger partial charge in [0, 0.05) is 5.56 Å². The van der Waals surface area contributed by atoms with Gasteiger partial charge in [0.15, 0.2) is 5.13 Å². The Labute approximate surface area is 157 Å². The Morgan fingerprint density at radius 1 is 1.19 bits per heavy atom. The predicted molar refractivity (Wildman–Crippen MR) is 97.2 cm³/mol. The van der Waals surface area contributed by atoms with Crippen molar-refractivity contribution in [1.82, 2.24) is 9.97 Å². The molecule has 1 N–H and O–H groups in total. The molecular formula is C16H7ClF3N3OS2. The van der Waals surface area contributed by atoms with E-state index >= 15 is 0 Å². The van der Waals surface area contributed by atoms with Crippen molar-refractivity contribution in [2.24, 2.45) is 0 Å². The summed E-state index contributed by atoms with van der Waals surface area (Å²) in [7, 11) is 0. The van der Waals surface area contributed by atoms with Crippen LogP contribution < -0.4 is 5.32 Å². The number of carbonyl (C=O) groups is 1. The molecule has 0 atom stereocenters. The van der Waals surface area contributed by atoms with Gasteiger partial charge in [-0.1, -0.05) is 22.9 Å². The fourth-order valence-corrected chi connectivity index (χ4v) is 4.35. The van der Waals surface area contributed by atoms with Crippen molar-refractivity contribution in [2.45, 2.75) is 6.18 Å².